The van der Waals surface area contributed by atoms with Crippen LogP contribution in [0.2, 0.25) is 0 Å². The zero-order valence-electron chi connectivity index (χ0n) is 11.8. The van der Waals surface area contributed by atoms with Gasteiger partial charge in [-0.3, -0.25) is 9.97 Å². The average molecular weight is 281 g/mol. The molecule has 4 heteroatoms. The highest BCUT2D eigenvalue weighted by atomic mass is 19.1. The van der Waals surface area contributed by atoms with E-state index < -0.39 is 0 Å². The number of nitrogens with one attached hydrogen (secondary N) is 1. The van der Waals surface area contributed by atoms with Crippen molar-refractivity contribution in [2.75, 3.05) is 6.54 Å². The Labute approximate surface area is 122 Å². The molecule has 1 unspecified atom stereocenters. The number of pyridine rings is 2. The van der Waals surface area contributed by atoms with E-state index >= 15 is 0 Å². The number of halogens is 1. The Morgan fingerprint density at radius 3 is 2.90 bits per heavy atom. The molecule has 0 aliphatic heterocycles. The Balaban J connectivity index is 2.09. The van der Waals surface area contributed by atoms with Crippen LogP contribution >= 0.6 is 0 Å². The smallest absolute Gasteiger partial charge is 0.146 e. The lowest BCUT2D eigenvalue weighted by Crippen LogP contribution is -2.23. The largest absolute Gasteiger partial charge is 0.306 e. The van der Waals surface area contributed by atoms with E-state index in [-0.39, 0.29) is 11.9 Å². The summed E-state index contributed by atoms with van der Waals surface area (Å²) in [7, 11) is 0. The molecule has 1 N–H and O–H groups in total. The van der Waals surface area contributed by atoms with Crippen molar-refractivity contribution in [2.45, 2.75) is 13.0 Å². The van der Waals surface area contributed by atoms with E-state index in [1.165, 1.54) is 6.20 Å². The second-order valence-corrected chi connectivity index (χ2v) is 4.84. The summed E-state index contributed by atoms with van der Waals surface area (Å²) in [5.41, 5.74) is 2.56. The number of benzene rings is 1. The van der Waals surface area contributed by atoms with Gasteiger partial charge in [0, 0.05) is 23.3 Å². The van der Waals surface area contributed by atoms with E-state index in [0.717, 1.165) is 23.0 Å². The standard InChI is InChI=1S/C17H16FN3/c1-2-20-17(14-7-9-19-11-15(14)18)13-5-6-16-12(10-13)4-3-8-21-16/h3-11,17,20H,2H2,1H3. The van der Waals surface area contributed by atoms with Gasteiger partial charge in [0.15, 0.2) is 0 Å². The van der Waals surface area contributed by atoms with Crippen LogP contribution in [0.4, 0.5) is 4.39 Å². The van der Waals surface area contributed by atoms with E-state index in [1.54, 1.807) is 18.5 Å². The fourth-order valence-corrected chi connectivity index (χ4v) is 2.51. The van der Waals surface area contributed by atoms with Crippen LogP contribution in [0.15, 0.2) is 55.0 Å². The van der Waals surface area contributed by atoms with Gasteiger partial charge in [0.25, 0.3) is 0 Å². The predicted octanol–water partition coefficient (Wildman–Crippen LogP) is 3.47. The van der Waals surface area contributed by atoms with Crippen molar-refractivity contribution in [3.05, 3.63) is 71.9 Å². The molecule has 0 bridgehead atoms. The number of rotatable bonds is 4. The minimum Gasteiger partial charge on any atom is -0.306 e. The molecule has 106 valence electrons. The van der Waals surface area contributed by atoms with Crippen LogP contribution in [0.25, 0.3) is 10.9 Å². The van der Waals surface area contributed by atoms with Gasteiger partial charge in [-0.15, -0.1) is 0 Å². The summed E-state index contributed by atoms with van der Waals surface area (Å²) in [4.78, 5) is 8.13. The highest BCUT2D eigenvalue weighted by Crippen LogP contribution is 2.26. The Bertz CT molecular complexity index is 758. The fraction of sp³-hybridized carbons (Fsp3) is 0.176. The molecule has 0 aliphatic carbocycles. The van der Waals surface area contributed by atoms with Gasteiger partial charge in [-0.1, -0.05) is 19.1 Å². The van der Waals surface area contributed by atoms with Gasteiger partial charge in [0.1, 0.15) is 5.82 Å². The van der Waals surface area contributed by atoms with Crippen LogP contribution in [-0.2, 0) is 0 Å². The van der Waals surface area contributed by atoms with Gasteiger partial charge < -0.3 is 5.32 Å². The van der Waals surface area contributed by atoms with Crippen LogP contribution in [0.5, 0.6) is 0 Å². The summed E-state index contributed by atoms with van der Waals surface area (Å²) in [6, 6.07) is 11.4. The zero-order chi connectivity index (χ0) is 14.7. The van der Waals surface area contributed by atoms with E-state index in [2.05, 4.69) is 21.4 Å². The van der Waals surface area contributed by atoms with E-state index in [4.69, 9.17) is 0 Å². The predicted molar refractivity (Wildman–Crippen MR) is 81.5 cm³/mol. The molecule has 0 saturated heterocycles. The molecular formula is C17H16FN3. The molecule has 1 atom stereocenters. The Kier molecular flexibility index (Phi) is 3.88. The number of hydrogen-bond donors (Lipinski definition) is 1. The molecule has 0 radical (unpaired) electrons. The maximum Gasteiger partial charge on any atom is 0.146 e. The van der Waals surface area contributed by atoms with Crippen molar-refractivity contribution < 1.29 is 4.39 Å². The van der Waals surface area contributed by atoms with Gasteiger partial charge in [-0.05, 0) is 36.4 Å². The van der Waals surface area contributed by atoms with Crippen LogP contribution in [-0.4, -0.2) is 16.5 Å². The Morgan fingerprint density at radius 2 is 2.10 bits per heavy atom. The summed E-state index contributed by atoms with van der Waals surface area (Å²) < 4.78 is 14.0. The molecule has 2 aromatic heterocycles. The van der Waals surface area contributed by atoms with Gasteiger partial charge in [-0.2, -0.15) is 0 Å². The lowest BCUT2D eigenvalue weighted by atomic mass is 9.97. The Morgan fingerprint density at radius 1 is 1.19 bits per heavy atom. The highest BCUT2D eigenvalue weighted by Gasteiger charge is 2.17. The summed E-state index contributed by atoms with van der Waals surface area (Å²) in [5.74, 6) is -0.297. The summed E-state index contributed by atoms with van der Waals surface area (Å²) in [5, 5.41) is 4.38. The first-order chi connectivity index (χ1) is 10.3. The van der Waals surface area contributed by atoms with Gasteiger partial charge in [0.05, 0.1) is 17.8 Å². The van der Waals surface area contributed by atoms with Crippen LogP contribution in [0, 0.1) is 5.82 Å². The zero-order valence-corrected chi connectivity index (χ0v) is 11.8. The van der Waals surface area contributed by atoms with Gasteiger partial charge in [-0.25, -0.2) is 4.39 Å². The highest BCUT2D eigenvalue weighted by molar-refractivity contribution is 5.79. The third kappa shape index (κ3) is 2.76. The topological polar surface area (TPSA) is 37.8 Å². The maximum atomic E-state index is 14.0. The summed E-state index contributed by atoms with van der Waals surface area (Å²) in [6.07, 6.45) is 4.64. The molecule has 3 nitrogen and oxygen atoms in total. The normalized spacial score (nSPS) is 12.5. The molecule has 0 aliphatic rings. The van der Waals surface area contributed by atoms with Gasteiger partial charge >= 0.3 is 0 Å². The number of fused-ring (bicyclic) bond motifs is 1. The van der Waals surface area contributed by atoms with Crippen molar-refractivity contribution in [3.8, 4) is 0 Å². The summed E-state index contributed by atoms with van der Waals surface area (Å²) in [6.45, 7) is 2.76. The molecule has 0 fully saturated rings. The minimum absolute atomic E-state index is 0.192. The van der Waals surface area contributed by atoms with Crippen molar-refractivity contribution in [1.82, 2.24) is 15.3 Å². The van der Waals surface area contributed by atoms with Gasteiger partial charge in [0.2, 0.25) is 0 Å². The summed E-state index contributed by atoms with van der Waals surface area (Å²) >= 11 is 0. The van der Waals surface area contributed by atoms with Crippen molar-refractivity contribution >= 4 is 10.9 Å². The first-order valence-electron chi connectivity index (χ1n) is 6.97. The fourth-order valence-electron chi connectivity index (χ4n) is 2.51. The first kappa shape index (κ1) is 13.6. The molecule has 0 spiro atoms. The van der Waals surface area contributed by atoms with E-state index in [0.29, 0.717) is 5.56 Å². The monoisotopic (exact) mass is 281 g/mol. The lowest BCUT2D eigenvalue weighted by molar-refractivity contribution is 0.555. The second-order valence-electron chi connectivity index (χ2n) is 4.84. The molecule has 2 heterocycles. The number of hydrogen-bond acceptors (Lipinski definition) is 3. The number of aromatic nitrogens is 2. The molecular weight excluding hydrogens is 265 g/mol. The molecule has 1 aromatic carbocycles. The maximum absolute atomic E-state index is 14.0. The van der Waals surface area contributed by atoms with Crippen molar-refractivity contribution in [2.24, 2.45) is 0 Å². The van der Waals surface area contributed by atoms with Crippen molar-refractivity contribution in [3.63, 3.8) is 0 Å². The molecule has 3 aromatic rings. The Hall–Kier alpha value is -2.33. The molecule has 0 saturated carbocycles. The third-order valence-electron chi connectivity index (χ3n) is 3.48. The minimum atomic E-state index is -0.297. The lowest BCUT2D eigenvalue weighted by Gasteiger charge is -2.19. The van der Waals surface area contributed by atoms with Crippen LogP contribution in [0.1, 0.15) is 24.1 Å². The van der Waals surface area contributed by atoms with Crippen LogP contribution in [0.3, 0.4) is 0 Å². The van der Waals surface area contributed by atoms with Crippen LogP contribution < -0.4 is 5.32 Å². The quantitative estimate of drug-likeness (QED) is 0.795. The number of nitrogens with zero attached hydrogens (tertiary/aromatic N) is 2. The SMILES string of the molecule is CCNC(c1ccc2ncccc2c1)c1ccncc1F. The second kappa shape index (κ2) is 5.97. The first-order valence-corrected chi connectivity index (χ1v) is 6.97. The molecule has 3 rings (SSSR count). The molecule has 0 amide bonds. The average Bonchev–Trinajstić information content (AvgIpc) is 2.53. The van der Waals surface area contributed by atoms with E-state index in [9.17, 15) is 4.39 Å². The van der Waals surface area contributed by atoms with E-state index in [1.807, 2.05) is 31.2 Å². The third-order valence-corrected chi connectivity index (χ3v) is 3.48. The molecule has 21 heavy (non-hydrogen) atoms. The van der Waals surface area contributed by atoms with Crippen molar-refractivity contribution in [1.29, 1.82) is 0 Å².